The molecule has 0 aliphatic heterocycles. The van der Waals surface area contributed by atoms with Crippen molar-refractivity contribution in [3.8, 4) is 17.1 Å². The molecule has 124 valence electrons. The summed E-state index contributed by atoms with van der Waals surface area (Å²) < 4.78 is 5.80. The Bertz CT molecular complexity index is 653. The lowest BCUT2D eigenvalue weighted by atomic mass is 10.2. The molecule has 2 rings (SSSR count). The Hall–Kier alpha value is -2.15. The third-order valence-electron chi connectivity index (χ3n) is 2.90. The van der Waals surface area contributed by atoms with Crippen molar-refractivity contribution in [1.29, 1.82) is 0 Å². The summed E-state index contributed by atoms with van der Waals surface area (Å²) in [6, 6.07) is 3.86. The Balaban J connectivity index is 2.17. The van der Waals surface area contributed by atoms with E-state index < -0.39 is 0 Å². The van der Waals surface area contributed by atoms with Gasteiger partial charge in [-0.15, -0.1) is 11.3 Å². The molecule has 2 heterocycles. The smallest absolute Gasteiger partial charge is 0.222 e. The first-order chi connectivity index (χ1) is 11.1. The number of aromatic nitrogens is 2. The Kier molecular flexibility index (Phi) is 6.34. The Morgan fingerprint density at radius 2 is 2.26 bits per heavy atom. The lowest BCUT2D eigenvalue weighted by Crippen LogP contribution is -2.30. The van der Waals surface area contributed by atoms with Gasteiger partial charge in [-0.3, -0.25) is 4.99 Å². The summed E-state index contributed by atoms with van der Waals surface area (Å²) in [4.78, 5) is 13.1. The summed E-state index contributed by atoms with van der Waals surface area (Å²) in [7, 11) is 1.73. The molecule has 6 nitrogen and oxygen atoms in total. The Morgan fingerprint density at radius 3 is 2.96 bits per heavy atom. The molecule has 0 aromatic carbocycles. The minimum Gasteiger partial charge on any atom is -0.477 e. The lowest BCUT2D eigenvalue weighted by Gasteiger charge is -2.10. The highest BCUT2D eigenvalue weighted by molar-refractivity contribution is 7.14. The number of thiazole rings is 1. The van der Waals surface area contributed by atoms with Crippen LogP contribution in [0.1, 0.15) is 20.8 Å². The maximum atomic E-state index is 5.80. The van der Waals surface area contributed by atoms with Gasteiger partial charge in [0, 0.05) is 25.2 Å². The van der Waals surface area contributed by atoms with Crippen LogP contribution in [0.2, 0.25) is 0 Å². The van der Waals surface area contributed by atoms with Crippen LogP contribution in [0.5, 0.6) is 5.88 Å². The summed E-state index contributed by atoms with van der Waals surface area (Å²) in [5, 5.41) is 9.08. The fourth-order valence-electron chi connectivity index (χ4n) is 1.85. The first kappa shape index (κ1) is 17.2. The standard InChI is InChI=1S/C16H23N5OS/c1-5-18-15(17-4)21-16-20-13(10-23-16)12-7-6-8-19-14(12)22-9-11(2)3/h6-8,10-11H,5,9H2,1-4H3,(H2,17,18,20,21). The summed E-state index contributed by atoms with van der Waals surface area (Å²) in [5.41, 5.74) is 1.74. The molecule has 2 aromatic heterocycles. The SMILES string of the molecule is CCNC(=NC)Nc1nc(-c2cccnc2OCC(C)C)cs1. The zero-order chi connectivity index (χ0) is 16.7. The highest BCUT2D eigenvalue weighted by atomic mass is 32.1. The summed E-state index contributed by atoms with van der Waals surface area (Å²) in [6.45, 7) is 7.67. The van der Waals surface area contributed by atoms with Crippen molar-refractivity contribution < 1.29 is 4.74 Å². The van der Waals surface area contributed by atoms with E-state index in [1.807, 2.05) is 24.4 Å². The predicted molar refractivity (Wildman–Crippen MR) is 96.3 cm³/mol. The average molecular weight is 333 g/mol. The van der Waals surface area contributed by atoms with Gasteiger partial charge in [-0.2, -0.15) is 0 Å². The molecule has 0 fully saturated rings. The highest BCUT2D eigenvalue weighted by Crippen LogP contribution is 2.30. The lowest BCUT2D eigenvalue weighted by molar-refractivity contribution is 0.262. The Labute approximate surface area is 141 Å². The first-order valence-corrected chi connectivity index (χ1v) is 8.53. The zero-order valence-electron chi connectivity index (χ0n) is 14.0. The van der Waals surface area contributed by atoms with Crippen LogP contribution >= 0.6 is 11.3 Å². The minimum absolute atomic E-state index is 0.445. The molecule has 0 atom stereocenters. The number of anilines is 1. The number of ether oxygens (including phenoxy) is 1. The number of rotatable bonds is 6. The van der Waals surface area contributed by atoms with Crippen LogP contribution in [0.3, 0.4) is 0 Å². The van der Waals surface area contributed by atoms with Crippen molar-refractivity contribution in [2.75, 3.05) is 25.5 Å². The third kappa shape index (κ3) is 4.92. The number of nitrogens with zero attached hydrogens (tertiary/aromatic N) is 3. The molecule has 7 heteroatoms. The molecule has 0 aliphatic rings. The maximum absolute atomic E-state index is 5.80. The number of hydrogen-bond acceptors (Lipinski definition) is 5. The highest BCUT2D eigenvalue weighted by Gasteiger charge is 2.12. The van der Waals surface area contributed by atoms with Crippen molar-refractivity contribution >= 4 is 22.4 Å². The number of guanidine groups is 1. The van der Waals surface area contributed by atoms with E-state index in [9.17, 15) is 0 Å². The van der Waals surface area contributed by atoms with Crippen LogP contribution in [-0.4, -0.2) is 36.1 Å². The summed E-state index contributed by atoms with van der Waals surface area (Å²) >= 11 is 1.52. The van der Waals surface area contributed by atoms with E-state index in [0.717, 1.165) is 22.9 Å². The van der Waals surface area contributed by atoms with E-state index in [1.165, 1.54) is 11.3 Å². The average Bonchev–Trinajstić information content (AvgIpc) is 3.01. The number of hydrogen-bond donors (Lipinski definition) is 2. The van der Waals surface area contributed by atoms with Crippen LogP contribution < -0.4 is 15.4 Å². The minimum atomic E-state index is 0.445. The van der Waals surface area contributed by atoms with Gasteiger partial charge < -0.3 is 15.4 Å². The van der Waals surface area contributed by atoms with E-state index in [-0.39, 0.29) is 0 Å². The van der Waals surface area contributed by atoms with Gasteiger partial charge in [0.25, 0.3) is 0 Å². The molecule has 0 spiro atoms. The molecule has 0 saturated carbocycles. The number of nitrogens with one attached hydrogen (secondary N) is 2. The normalized spacial score (nSPS) is 11.6. The van der Waals surface area contributed by atoms with Gasteiger partial charge in [0.1, 0.15) is 0 Å². The van der Waals surface area contributed by atoms with E-state index >= 15 is 0 Å². The quantitative estimate of drug-likeness (QED) is 0.627. The van der Waals surface area contributed by atoms with Gasteiger partial charge in [0.2, 0.25) is 5.88 Å². The van der Waals surface area contributed by atoms with Gasteiger partial charge in [0.15, 0.2) is 11.1 Å². The van der Waals surface area contributed by atoms with E-state index in [2.05, 4.69) is 39.4 Å². The maximum Gasteiger partial charge on any atom is 0.222 e. The molecule has 0 radical (unpaired) electrons. The second-order valence-electron chi connectivity index (χ2n) is 5.33. The zero-order valence-corrected chi connectivity index (χ0v) is 14.8. The van der Waals surface area contributed by atoms with Crippen molar-refractivity contribution in [3.63, 3.8) is 0 Å². The molecular formula is C16H23N5OS. The molecule has 0 unspecified atom stereocenters. The van der Waals surface area contributed by atoms with Crippen LogP contribution in [0, 0.1) is 5.92 Å². The molecular weight excluding hydrogens is 310 g/mol. The second kappa shape index (κ2) is 8.47. The second-order valence-corrected chi connectivity index (χ2v) is 6.18. The van der Waals surface area contributed by atoms with Crippen molar-refractivity contribution in [2.24, 2.45) is 10.9 Å². The third-order valence-corrected chi connectivity index (χ3v) is 3.66. The van der Waals surface area contributed by atoms with Crippen LogP contribution in [-0.2, 0) is 0 Å². The summed E-state index contributed by atoms with van der Waals surface area (Å²) in [6.07, 6.45) is 1.73. The number of aliphatic imine (C=N–C) groups is 1. The van der Waals surface area contributed by atoms with Crippen LogP contribution in [0.15, 0.2) is 28.7 Å². The van der Waals surface area contributed by atoms with Crippen LogP contribution in [0.25, 0.3) is 11.3 Å². The summed E-state index contributed by atoms with van der Waals surface area (Å²) in [5.74, 6) is 1.77. The van der Waals surface area contributed by atoms with E-state index in [0.29, 0.717) is 24.4 Å². The molecule has 0 amide bonds. The topological polar surface area (TPSA) is 71.4 Å². The van der Waals surface area contributed by atoms with Crippen molar-refractivity contribution in [1.82, 2.24) is 15.3 Å². The largest absolute Gasteiger partial charge is 0.477 e. The van der Waals surface area contributed by atoms with Crippen molar-refractivity contribution in [3.05, 3.63) is 23.7 Å². The van der Waals surface area contributed by atoms with Gasteiger partial charge in [-0.1, -0.05) is 13.8 Å². The van der Waals surface area contributed by atoms with Crippen molar-refractivity contribution in [2.45, 2.75) is 20.8 Å². The predicted octanol–water partition coefficient (Wildman–Crippen LogP) is 3.25. The molecule has 2 aromatic rings. The Morgan fingerprint density at radius 1 is 1.43 bits per heavy atom. The molecule has 0 aliphatic carbocycles. The molecule has 0 saturated heterocycles. The monoisotopic (exact) mass is 333 g/mol. The molecule has 23 heavy (non-hydrogen) atoms. The fraction of sp³-hybridized carbons (Fsp3) is 0.438. The van der Waals surface area contributed by atoms with Gasteiger partial charge >= 0.3 is 0 Å². The van der Waals surface area contributed by atoms with Gasteiger partial charge in [0.05, 0.1) is 17.9 Å². The first-order valence-electron chi connectivity index (χ1n) is 7.65. The molecule has 2 N–H and O–H groups in total. The molecule has 0 bridgehead atoms. The van der Waals surface area contributed by atoms with Gasteiger partial charge in [-0.05, 0) is 25.0 Å². The van der Waals surface area contributed by atoms with Gasteiger partial charge in [-0.25, -0.2) is 9.97 Å². The fourth-order valence-corrected chi connectivity index (χ4v) is 2.56. The van der Waals surface area contributed by atoms with Crippen LogP contribution in [0.4, 0.5) is 5.13 Å². The number of pyridine rings is 1. The van der Waals surface area contributed by atoms with E-state index in [4.69, 9.17) is 4.74 Å². The van der Waals surface area contributed by atoms with E-state index in [1.54, 1.807) is 13.2 Å².